The molecule has 1 fully saturated rings. The van der Waals surface area contributed by atoms with Crippen molar-refractivity contribution in [1.82, 2.24) is 4.98 Å². The standard InChI is InChI=1S/C20H18ClF4N3O3/c1-10-6-12(11(2)20(23,24)25)7-17(26-10)28-16(9-31-19(28)30)18(29)27(3)13-4-5-15(22)14(21)8-13/h4-8,11,16H,9H2,1-3H3/t11?,16-/m0/s1. The second-order valence-electron chi connectivity index (χ2n) is 7.12. The Bertz CT molecular complexity index is 1030. The predicted octanol–water partition coefficient (Wildman–Crippen LogP) is 4.84. The number of hydrogen-bond donors (Lipinski definition) is 0. The second kappa shape index (κ2) is 8.33. The minimum Gasteiger partial charge on any atom is -0.446 e. The van der Waals surface area contributed by atoms with Gasteiger partial charge in [0.25, 0.3) is 5.91 Å². The van der Waals surface area contributed by atoms with Crippen LogP contribution in [-0.4, -0.2) is 42.9 Å². The number of likely N-dealkylation sites (N-methyl/N-ethyl adjacent to an activating group) is 1. The van der Waals surface area contributed by atoms with Crippen molar-refractivity contribution in [2.24, 2.45) is 0 Å². The third kappa shape index (κ3) is 4.58. The van der Waals surface area contributed by atoms with Gasteiger partial charge in [-0.05, 0) is 49.7 Å². The van der Waals surface area contributed by atoms with Crippen LogP contribution in [0, 0.1) is 12.7 Å². The van der Waals surface area contributed by atoms with E-state index in [1.54, 1.807) is 0 Å². The van der Waals surface area contributed by atoms with E-state index in [1.807, 2.05) is 0 Å². The van der Waals surface area contributed by atoms with E-state index in [9.17, 15) is 27.2 Å². The molecule has 2 amide bonds. The molecule has 0 saturated carbocycles. The molecule has 1 saturated heterocycles. The number of aromatic nitrogens is 1. The van der Waals surface area contributed by atoms with Crippen LogP contribution in [0.25, 0.3) is 0 Å². The van der Waals surface area contributed by atoms with Crippen LogP contribution in [0.15, 0.2) is 30.3 Å². The lowest BCUT2D eigenvalue weighted by Gasteiger charge is -2.26. The van der Waals surface area contributed by atoms with Gasteiger partial charge in [-0.3, -0.25) is 4.79 Å². The van der Waals surface area contributed by atoms with Crippen LogP contribution in [-0.2, 0) is 9.53 Å². The topological polar surface area (TPSA) is 62.7 Å². The number of cyclic esters (lactones) is 1. The van der Waals surface area contributed by atoms with Crippen molar-refractivity contribution >= 4 is 35.1 Å². The summed E-state index contributed by atoms with van der Waals surface area (Å²) in [7, 11) is 1.40. The molecule has 0 N–H and O–H groups in total. The number of alkyl halides is 3. The number of aryl methyl sites for hydroxylation is 1. The maximum atomic E-state index is 13.4. The number of benzene rings is 1. The van der Waals surface area contributed by atoms with Gasteiger partial charge < -0.3 is 9.64 Å². The quantitative estimate of drug-likeness (QED) is 0.614. The molecule has 0 aliphatic carbocycles. The van der Waals surface area contributed by atoms with E-state index in [2.05, 4.69) is 4.98 Å². The number of anilines is 2. The van der Waals surface area contributed by atoms with E-state index in [0.717, 1.165) is 28.9 Å². The van der Waals surface area contributed by atoms with Crippen molar-refractivity contribution in [1.29, 1.82) is 0 Å². The first-order chi connectivity index (χ1) is 14.4. The van der Waals surface area contributed by atoms with E-state index in [-0.39, 0.29) is 34.4 Å². The molecule has 1 unspecified atom stereocenters. The summed E-state index contributed by atoms with van der Waals surface area (Å²) in [4.78, 5) is 31.6. The third-order valence-electron chi connectivity index (χ3n) is 4.98. The molecule has 2 heterocycles. The van der Waals surface area contributed by atoms with E-state index in [0.29, 0.717) is 0 Å². The van der Waals surface area contributed by atoms with Crippen LogP contribution in [0.1, 0.15) is 24.1 Å². The van der Waals surface area contributed by atoms with Gasteiger partial charge in [0.05, 0.1) is 10.9 Å². The highest BCUT2D eigenvalue weighted by Gasteiger charge is 2.43. The Hall–Kier alpha value is -2.88. The molecule has 11 heteroatoms. The van der Waals surface area contributed by atoms with Gasteiger partial charge in [0.15, 0.2) is 6.04 Å². The molecule has 0 spiro atoms. The lowest BCUT2D eigenvalue weighted by Crippen LogP contribution is -2.47. The average Bonchev–Trinajstić information content (AvgIpc) is 3.08. The van der Waals surface area contributed by atoms with Crippen molar-refractivity contribution in [3.05, 3.63) is 52.4 Å². The molecular weight excluding hydrogens is 442 g/mol. The fraction of sp³-hybridized carbons (Fsp3) is 0.350. The number of carbonyl (C=O) groups excluding carboxylic acids is 2. The number of ether oxygens (including phenoxy) is 1. The summed E-state index contributed by atoms with van der Waals surface area (Å²) in [5.74, 6) is -3.20. The van der Waals surface area contributed by atoms with Gasteiger partial charge in [-0.25, -0.2) is 19.1 Å². The zero-order valence-corrected chi connectivity index (χ0v) is 17.5. The van der Waals surface area contributed by atoms with E-state index in [1.165, 1.54) is 32.2 Å². The number of rotatable bonds is 4. The summed E-state index contributed by atoms with van der Waals surface area (Å²) in [6.45, 7) is 2.16. The third-order valence-corrected chi connectivity index (χ3v) is 5.27. The van der Waals surface area contributed by atoms with Crippen molar-refractivity contribution in [2.45, 2.75) is 32.0 Å². The Morgan fingerprint density at radius 1 is 1.32 bits per heavy atom. The molecule has 2 atom stereocenters. The highest BCUT2D eigenvalue weighted by Crippen LogP contribution is 2.36. The molecule has 166 valence electrons. The molecule has 2 aromatic rings. The Morgan fingerprint density at radius 3 is 2.61 bits per heavy atom. The van der Waals surface area contributed by atoms with Gasteiger partial charge >= 0.3 is 12.3 Å². The lowest BCUT2D eigenvalue weighted by atomic mass is 10.0. The van der Waals surface area contributed by atoms with Crippen molar-refractivity contribution in [3.8, 4) is 0 Å². The molecule has 1 aliphatic rings. The summed E-state index contributed by atoms with van der Waals surface area (Å²) in [6.07, 6.45) is -5.40. The molecule has 0 radical (unpaired) electrons. The van der Waals surface area contributed by atoms with Crippen LogP contribution in [0.3, 0.4) is 0 Å². The molecule has 6 nitrogen and oxygen atoms in total. The zero-order valence-electron chi connectivity index (χ0n) is 16.7. The fourth-order valence-corrected chi connectivity index (χ4v) is 3.32. The smallest absolute Gasteiger partial charge is 0.416 e. The first-order valence-corrected chi connectivity index (χ1v) is 9.52. The van der Waals surface area contributed by atoms with Gasteiger partial charge in [-0.15, -0.1) is 0 Å². The van der Waals surface area contributed by atoms with Crippen LogP contribution < -0.4 is 9.80 Å². The second-order valence-corrected chi connectivity index (χ2v) is 7.53. The number of halogens is 5. The Kier molecular flexibility index (Phi) is 6.13. The Morgan fingerprint density at radius 2 is 2.00 bits per heavy atom. The summed E-state index contributed by atoms with van der Waals surface area (Å²) >= 11 is 5.77. The minimum absolute atomic E-state index is 0.0976. The number of nitrogens with zero attached hydrogens (tertiary/aromatic N) is 3. The summed E-state index contributed by atoms with van der Waals surface area (Å²) in [5.41, 5.74) is 0.409. The molecule has 1 aromatic heterocycles. The molecule has 1 aliphatic heterocycles. The molecule has 0 bridgehead atoms. The monoisotopic (exact) mass is 459 g/mol. The molecule has 31 heavy (non-hydrogen) atoms. The normalized spacial score (nSPS) is 17.5. The van der Waals surface area contributed by atoms with E-state index < -0.39 is 36.0 Å². The highest BCUT2D eigenvalue weighted by atomic mass is 35.5. The van der Waals surface area contributed by atoms with Gasteiger partial charge in [0.2, 0.25) is 0 Å². The average molecular weight is 460 g/mol. The van der Waals surface area contributed by atoms with Crippen LogP contribution in [0.2, 0.25) is 5.02 Å². The van der Waals surface area contributed by atoms with Crippen molar-refractivity contribution in [2.75, 3.05) is 23.5 Å². The van der Waals surface area contributed by atoms with E-state index >= 15 is 0 Å². The Labute approximate surface area is 180 Å². The maximum absolute atomic E-state index is 13.4. The predicted molar refractivity (Wildman–Crippen MR) is 106 cm³/mol. The number of hydrogen-bond acceptors (Lipinski definition) is 4. The van der Waals surface area contributed by atoms with Crippen LogP contribution in [0.4, 0.5) is 33.9 Å². The molecular formula is C20H18ClF4N3O3. The summed E-state index contributed by atoms with van der Waals surface area (Å²) < 4.78 is 58.0. The summed E-state index contributed by atoms with van der Waals surface area (Å²) in [5, 5.41) is -0.195. The highest BCUT2D eigenvalue weighted by molar-refractivity contribution is 6.31. The summed E-state index contributed by atoms with van der Waals surface area (Å²) in [6, 6.07) is 4.87. The minimum atomic E-state index is -4.49. The maximum Gasteiger partial charge on any atom is 0.416 e. The largest absolute Gasteiger partial charge is 0.446 e. The van der Waals surface area contributed by atoms with Gasteiger partial charge in [0, 0.05) is 18.4 Å². The number of carbonyl (C=O) groups is 2. The van der Waals surface area contributed by atoms with Crippen molar-refractivity contribution < 1.29 is 31.9 Å². The number of amides is 2. The Balaban J connectivity index is 1.95. The first-order valence-electron chi connectivity index (χ1n) is 9.14. The van der Waals surface area contributed by atoms with Gasteiger partial charge in [0.1, 0.15) is 18.2 Å². The van der Waals surface area contributed by atoms with Gasteiger partial charge in [-0.1, -0.05) is 11.6 Å². The van der Waals surface area contributed by atoms with E-state index in [4.69, 9.17) is 16.3 Å². The van der Waals surface area contributed by atoms with Gasteiger partial charge in [-0.2, -0.15) is 13.2 Å². The molecule has 1 aromatic carbocycles. The van der Waals surface area contributed by atoms with Crippen LogP contribution >= 0.6 is 11.6 Å². The fourth-order valence-electron chi connectivity index (χ4n) is 3.14. The van der Waals surface area contributed by atoms with Crippen LogP contribution in [0.5, 0.6) is 0 Å². The van der Waals surface area contributed by atoms with Crippen molar-refractivity contribution in [3.63, 3.8) is 0 Å². The first kappa shape index (κ1) is 22.8. The zero-order chi connectivity index (χ0) is 23.1. The number of pyridine rings is 1. The molecule has 3 rings (SSSR count). The lowest BCUT2D eigenvalue weighted by molar-refractivity contribution is -0.146. The SMILES string of the molecule is Cc1cc(C(C)C(F)(F)F)cc(N2C(=O)OC[C@H]2C(=O)N(C)c2ccc(F)c(Cl)c2)n1.